The van der Waals surface area contributed by atoms with Gasteiger partial charge in [-0.05, 0) is 42.3 Å². The molecule has 1 atom stereocenters. The van der Waals surface area contributed by atoms with Crippen LogP contribution in [0.4, 0.5) is 10.1 Å². The summed E-state index contributed by atoms with van der Waals surface area (Å²) in [5.41, 5.74) is 0.312. The first-order chi connectivity index (χ1) is 17.2. The fourth-order valence-corrected chi connectivity index (χ4v) is 5.13. The molecule has 1 aromatic heterocycles. The zero-order valence-corrected chi connectivity index (χ0v) is 21.7. The number of nitriles is 1. The van der Waals surface area contributed by atoms with Crippen LogP contribution in [-0.2, 0) is 20.4 Å². The summed E-state index contributed by atoms with van der Waals surface area (Å²) in [6.07, 6.45) is 1.36. The van der Waals surface area contributed by atoms with Gasteiger partial charge in [-0.25, -0.2) is 17.9 Å². The van der Waals surface area contributed by atoms with E-state index in [1.54, 1.807) is 27.7 Å². The molecule has 2 amide bonds. The average Bonchev–Trinajstić information content (AvgIpc) is 3.39. The van der Waals surface area contributed by atoms with E-state index in [1.807, 2.05) is 6.07 Å². The number of anilines is 1. The Morgan fingerprint density at radius 3 is 2.57 bits per heavy atom. The first-order valence-corrected chi connectivity index (χ1v) is 13.0. The summed E-state index contributed by atoms with van der Waals surface area (Å²) in [6, 6.07) is 6.40. The lowest BCUT2D eigenvalue weighted by Gasteiger charge is -2.39. The zero-order chi connectivity index (χ0) is 27.3. The minimum absolute atomic E-state index is 0.169. The number of amides is 2. The Bertz CT molecular complexity index is 1510. The largest absolute Gasteiger partial charge is 0.324 e. The topological polar surface area (TPSA) is 158 Å². The van der Waals surface area contributed by atoms with E-state index in [0.29, 0.717) is 24.8 Å². The molecule has 0 bridgehead atoms. The third-order valence-electron chi connectivity index (χ3n) is 6.70. The number of primary sulfonamides is 1. The van der Waals surface area contributed by atoms with Gasteiger partial charge in [0.2, 0.25) is 15.9 Å². The molecule has 0 saturated heterocycles. The van der Waals surface area contributed by atoms with E-state index < -0.39 is 37.6 Å². The smallest absolute Gasteiger partial charge is 0.258 e. The number of rotatable bonds is 4. The van der Waals surface area contributed by atoms with Gasteiger partial charge in [0, 0.05) is 31.2 Å². The number of hydrogen-bond donors (Lipinski definition) is 3. The fourth-order valence-electron chi connectivity index (χ4n) is 4.61. The van der Waals surface area contributed by atoms with E-state index in [0.717, 1.165) is 23.3 Å². The van der Waals surface area contributed by atoms with Gasteiger partial charge in [-0.1, -0.05) is 20.8 Å². The quantitative estimate of drug-likeness (QED) is 0.514. The zero-order valence-electron chi connectivity index (χ0n) is 20.8. The maximum absolute atomic E-state index is 15.0. The number of pyridine rings is 1. The van der Waals surface area contributed by atoms with Crippen LogP contribution in [0.1, 0.15) is 49.3 Å². The maximum atomic E-state index is 15.0. The molecule has 2 aromatic rings. The molecule has 4 rings (SSSR count). The Morgan fingerprint density at radius 1 is 1.27 bits per heavy atom. The normalized spacial score (nSPS) is 19.5. The molecular formula is C25H27FN6O4S. The van der Waals surface area contributed by atoms with Gasteiger partial charge in [0.1, 0.15) is 17.4 Å². The second-order valence-corrected chi connectivity index (χ2v) is 11.8. The molecule has 3 heterocycles. The molecule has 0 fully saturated rings. The summed E-state index contributed by atoms with van der Waals surface area (Å²) in [7, 11) is -4.16. The van der Waals surface area contributed by atoms with Gasteiger partial charge in [-0.15, -0.1) is 0 Å². The summed E-state index contributed by atoms with van der Waals surface area (Å²) in [4.78, 5) is 32.2. The maximum Gasteiger partial charge on any atom is 0.258 e. The second kappa shape index (κ2) is 9.02. The SMILES string of the molecule is CC(C)(C)C(=O)Nc1cc(C#N)cnc1C1(C)C2=C(CNC2)CN1C(=O)c1ccc(S(N)(=O)=O)cc1F. The van der Waals surface area contributed by atoms with Gasteiger partial charge in [0.05, 0.1) is 27.4 Å². The minimum atomic E-state index is -4.16. The highest BCUT2D eigenvalue weighted by molar-refractivity contribution is 7.89. The number of nitrogens with one attached hydrogen (secondary N) is 2. The number of hydrogen-bond acceptors (Lipinski definition) is 7. The summed E-state index contributed by atoms with van der Waals surface area (Å²) >= 11 is 0. The molecule has 1 unspecified atom stereocenters. The lowest BCUT2D eigenvalue weighted by Crippen LogP contribution is -2.48. The van der Waals surface area contributed by atoms with Gasteiger partial charge in [-0.3, -0.25) is 14.6 Å². The van der Waals surface area contributed by atoms with Gasteiger partial charge in [-0.2, -0.15) is 5.26 Å². The molecule has 37 heavy (non-hydrogen) atoms. The third kappa shape index (κ3) is 4.61. The number of nitrogens with two attached hydrogens (primary N) is 1. The van der Waals surface area contributed by atoms with Crippen LogP contribution >= 0.6 is 0 Å². The monoisotopic (exact) mass is 526 g/mol. The van der Waals surface area contributed by atoms with Crippen LogP contribution in [0.25, 0.3) is 0 Å². The van der Waals surface area contributed by atoms with Crippen molar-refractivity contribution in [1.82, 2.24) is 15.2 Å². The van der Waals surface area contributed by atoms with Crippen LogP contribution in [0.5, 0.6) is 0 Å². The molecule has 2 aliphatic rings. The van der Waals surface area contributed by atoms with Gasteiger partial charge >= 0.3 is 0 Å². The Kier molecular flexibility index (Phi) is 6.44. The number of sulfonamides is 1. The number of carbonyl (C=O) groups excluding carboxylic acids is 2. The number of benzene rings is 1. The summed E-state index contributed by atoms with van der Waals surface area (Å²) < 4.78 is 38.3. The Labute approximate surface area is 214 Å². The van der Waals surface area contributed by atoms with Crippen molar-refractivity contribution in [3.63, 3.8) is 0 Å². The van der Waals surface area contributed by atoms with Crippen molar-refractivity contribution in [2.24, 2.45) is 10.6 Å². The molecule has 194 valence electrons. The van der Waals surface area contributed by atoms with E-state index in [-0.39, 0.29) is 29.3 Å². The molecule has 0 aliphatic carbocycles. The van der Waals surface area contributed by atoms with Crippen molar-refractivity contribution in [2.45, 2.75) is 38.1 Å². The predicted octanol–water partition coefficient (Wildman–Crippen LogP) is 2.00. The molecule has 0 saturated carbocycles. The van der Waals surface area contributed by atoms with Crippen molar-refractivity contribution < 1.29 is 22.4 Å². The van der Waals surface area contributed by atoms with E-state index in [1.165, 1.54) is 17.2 Å². The van der Waals surface area contributed by atoms with Crippen LogP contribution in [0.3, 0.4) is 0 Å². The molecular weight excluding hydrogens is 499 g/mol. The predicted molar refractivity (Wildman–Crippen MR) is 133 cm³/mol. The van der Waals surface area contributed by atoms with E-state index in [9.17, 15) is 23.3 Å². The lowest BCUT2D eigenvalue weighted by molar-refractivity contribution is -0.123. The molecule has 10 nitrogen and oxygen atoms in total. The van der Waals surface area contributed by atoms with Crippen molar-refractivity contribution in [2.75, 3.05) is 25.0 Å². The molecule has 0 radical (unpaired) electrons. The summed E-state index contributed by atoms with van der Waals surface area (Å²) in [6.45, 7) is 8.11. The standard InChI is InChI=1S/C25H27FN6O4S/c1-24(2,3)23(34)31-20-7-14(9-27)10-30-21(20)25(4)18-12-29-11-15(18)13-32(25)22(33)17-6-5-16(8-19(17)26)37(28,35)36/h5-8,10,29H,11-13H2,1-4H3,(H,31,34)(H2,28,35,36). The molecule has 4 N–H and O–H groups in total. The summed E-state index contributed by atoms with van der Waals surface area (Å²) in [5, 5.41) is 20.7. The van der Waals surface area contributed by atoms with Crippen LogP contribution in [0, 0.1) is 22.6 Å². The van der Waals surface area contributed by atoms with Crippen molar-refractivity contribution >= 4 is 27.5 Å². The lowest BCUT2D eigenvalue weighted by atomic mass is 9.85. The Balaban J connectivity index is 1.85. The average molecular weight is 527 g/mol. The Hall–Kier alpha value is -3.66. The minimum Gasteiger partial charge on any atom is -0.324 e. The highest BCUT2D eigenvalue weighted by Crippen LogP contribution is 2.46. The van der Waals surface area contributed by atoms with E-state index in [2.05, 4.69) is 15.6 Å². The molecule has 12 heteroatoms. The third-order valence-corrected chi connectivity index (χ3v) is 7.61. The van der Waals surface area contributed by atoms with Crippen LogP contribution in [0.15, 0.2) is 46.5 Å². The van der Waals surface area contributed by atoms with Crippen LogP contribution in [-0.4, -0.2) is 49.8 Å². The highest BCUT2D eigenvalue weighted by Gasteiger charge is 2.51. The number of nitrogens with zero attached hydrogens (tertiary/aromatic N) is 3. The van der Waals surface area contributed by atoms with E-state index in [4.69, 9.17) is 5.14 Å². The van der Waals surface area contributed by atoms with Crippen LogP contribution in [0.2, 0.25) is 0 Å². The second-order valence-electron chi connectivity index (χ2n) is 10.3. The number of carbonyl (C=O) groups is 2. The first kappa shape index (κ1) is 26.4. The molecule has 2 aliphatic heterocycles. The molecule has 0 spiro atoms. The molecule has 1 aromatic carbocycles. The highest BCUT2D eigenvalue weighted by atomic mass is 32.2. The van der Waals surface area contributed by atoms with Gasteiger partial charge < -0.3 is 15.5 Å². The van der Waals surface area contributed by atoms with Gasteiger partial charge in [0.15, 0.2) is 0 Å². The Morgan fingerprint density at radius 2 is 1.97 bits per heavy atom. The number of halogens is 1. The van der Waals surface area contributed by atoms with Crippen molar-refractivity contribution in [3.8, 4) is 6.07 Å². The van der Waals surface area contributed by atoms with Crippen molar-refractivity contribution in [3.05, 3.63) is 64.2 Å². The number of aromatic nitrogens is 1. The van der Waals surface area contributed by atoms with Crippen molar-refractivity contribution in [1.29, 1.82) is 5.26 Å². The van der Waals surface area contributed by atoms with Crippen LogP contribution < -0.4 is 15.8 Å². The fraction of sp³-hybridized carbons (Fsp3) is 0.360. The van der Waals surface area contributed by atoms with Gasteiger partial charge in [0.25, 0.3) is 5.91 Å². The van der Waals surface area contributed by atoms with E-state index >= 15 is 4.39 Å². The first-order valence-electron chi connectivity index (χ1n) is 11.5. The summed E-state index contributed by atoms with van der Waals surface area (Å²) in [5.74, 6) is -2.03.